The zero-order valence-electron chi connectivity index (χ0n) is 11.6. The first-order valence-corrected chi connectivity index (χ1v) is 7.77. The second kappa shape index (κ2) is 7.39. The molecule has 0 aliphatic rings. The Morgan fingerprint density at radius 1 is 1.30 bits per heavy atom. The summed E-state index contributed by atoms with van der Waals surface area (Å²) in [6.07, 6.45) is -3.52. The highest BCUT2D eigenvalue weighted by atomic mass is 79.9. The summed E-state index contributed by atoms with van der Waals surface area (Å²) in [6, 6.07) is 8.75. The molecule has 0 bridgehead atoms. The van der Waals surface area contributed by atoms with E-state index in [1.165, 1.54) is 0 Å². The second-order valence-corrected chi connectivity index (χ2v) is 6.24. The van der Waals surface area contributed by atoms with Crippen LogP contribution in [0.25, 0.3) is 0 Å². The molecule has 8 heteroatoms. The minimum absolute atomic E-state index is 0.0741. The largest absolute Gasteiger partial charge is 0.431 e. The number of rotatable bonds is 5. The van der Waals surface area contributed by atoms with Crippen LogP contribution in [0.3, 0.4) is 0 Å². The number of H-pyrrole nitrogens is 1. The van der Waals surface area contributed by atoms with E-state index in [1.807, 2.05) is 0 Å². The van der Waals surface area contributed by atoms with E-state index in [-0.39, 0.29) is 29.2 Å². The van der Waals surface area contributed by atoms with Gasteiger partial charge in [0.05, 0.1) is 23.6 Å². The van der Waals surface area contributed by atoms with Crippen molar-refractivity contribution < 1.29 is 17.9 Å². The molecule has 0 spiro atoms. The number of hydrogen-bond acceptors (Lipinski definition) is 2. The number of alkyl halides is 4. The standard InChI is InChI=1S/C15H11BrClF3N2O/c16-13(9-1-3-11(17)4-2-9)8-23-7-12-10(5-21)6-22-14(12)15(18,19)20/h1-4,6,13,22H,7-8H2. The predicted octanol–water partition coefficient (Wildman–Crippen LogP) is 5.21. The molecule has 0 aliphatic carbocycles. The number of halogens is 5. The summed E-state index contributed by atoms with van der Waals surface area (Å²) >= 11 is 9.20. The topological polar surface area (TPSA) is 48.8 Å². The van der Waals surface area contributed by atoms with Gasteiger partial charge in [0.1, 0.15) is 11.8 Å². The SMILES string of the molecule is N#Cc1c[nH]c(C(F)(F)F)c1COCC(Br)c1ccc(Cl)cc1. The average molecular weight is 408 g/mol. The summed E-state index contributed by atoms with van der Waals surface area (Å²) < 4.78 is 44.0. The van der Waals surface area contributed by atoms with Crippen LogP contribution in [0.5, 0.6) is 0 Å². The highest BCUT2D eigenvalue weighted by Gasteiger charge is 2.36. The van der Waals surface area contributed by atoms with Crippen molar-refractivity contribution in [3.63, 3.8) is 0 Å². The third-order valence-corrected chi connectivity index (χ3v) is 4.18. The van der Waals surface area contributed by atoms with Crippen LogP contribution in [0.4, 0.5) is 13.2 Å². The lowest BCUT2D eigenvalue weighted by Gasteiger charge is -2.13. The van der Waals surface area contributed by atoms with Crippen LogP contribution in [0.1, 0.15) is 27.2 Å². The molecule has 1 aromatic carbocycles. The first-order chi connectivity index (χ1) is 10.8. The molecule has 0 aliphatic heterocycles. The van der Waals surface area contributed by atoms with Crippen molar-refractivity contribution in [2.75, 3.05) is 6.61 Å². The average Bonchev–Trinajstić information content (AvgIpc) is 2.91. The fourth-order valence-electron chi connectivity index (χ4n) is 1.99. The normalized spacial score (nSPS) is 12.9. The Morgan fingerprint density at radius 3 is 2.52 bits per heavy atom. The van der Waals surface area contributed by atoms with E-state index in [1.54, 1.807) is 30.3 Å². The van der Waals surface area contributed by atoms with Gasteiger partial charge in [-0.15, -0.1) is 0 Å². The van der Waals surface area contributed by atoms with Gasteiger partial charge in [-0.25, -0.2) is 0 Å². The summed E-state index contributed by atoms with van der Waals surface area (Å²) in [6.45, 7) is -0.161. The molecule has 23 heavy (non-hydrogen) atoms. The quantitative estimate of drug-likeness (QED) is 0.692. The van der Waals surface area contributed by atoms with E-state index in [9.17, 15) is 13.2 Å². The van der Waals surface area contributed by atoms with Gasteiger partial charge in [-0.05, 0) is 17.7 Å². The van der Waals surface area contributed by atoms with Gasteiger partial charge in [0.15, 0.2) is 0 Å². The van der Waals surface area contributed by atoms with E-state index in [2.05, 4.69) is 20.9 Å². The highest BCUT2D eigenvalue weighted by molar-refractivity contribution is 9.09. The molecule has 0 fully saturated rings. The van der Waals surface area contributed by atoms with Crippen LogP contribution in [0.15, 0.2) is 30.5 Å². The number of aromatic nitrogens is 1. The van der Waals surface area contributed by atoms with Crippen molar-refractivity contribution in [3.05, 3.63) is 57.9 Å². The molecular formula is C15H11BrClF3N2O. The van der Waals surface area contributed by atoms with E-state index >= 15 is 0 Å². The van der Waals surface area contributed by atoms with Gasteiger partial charge in [-0.2, -0.15) is 18.4 Å². The first-order valence-electron chi connectivity index (χ1n) is 6.47. The van der Waals surface area contributed by atoms with Crippen molar-refractivity contribution >= 4 is 27.5 Å². The molecule has 0 amide bonds. The number of nitrogens with zero attached hydrogens (tertiary/aromatic N) is 1. The highest BCUT2D eigenvalue weighted by Crippen LogP contribution is 2.33. The van der Waals surface area contributed by atoms with Crippen LogP contribution in [0.2, 0.25) is 5.02 Å². The Hall–Kier alpha value is -1.49. The third-order valence-electron chi connectivity index (χ3n) is 3.13. The Balaban J connectivity index is 2.03. The molecule has 2 aromatic rings. The number of ether oxygens (including phenoxy) is 1. The van der Waals surface area contributed by atoms with Gasteiger partial charge < -0.3 is 9.72 Å². The lowest BCUT2D eigenvalue weighted by Crippen LogP contribution is -2.11. The fourth-order valence-corrected chi connectivity index (χ4v) is 2.61. The van der Waals surface area contributed by atoms with E-state index in [4.69, 9.17) is 21.6 Å². The second-order valence-electron chi connectivity index (χ2n) is 4.70. The number of nitrogens with one attached hydrogen (secondary N) is 1. The van der Waals surface area contributed by atoms with Crippen molar-refractivity contribution in [1.29, 1.82) is 5.26 Å². The van der Waals surface area contributed by atoms with Crippen molar-refractivity contribution in [2.45, 2.75) is 17.6 Å². The van der Waals surface area contributed by atoms with Crippen LogP contribution in [-0.2, 0) is 17.5 Å². The lowest BCUT2D eigenvalue weighted by molar-refractivity contribution is -0.142. The number of aromatic amines is 1. The molecule has 0 radical (unpaired) electrons. The first kappa shape index (κ1) is 17.9. The molecule has 1 N–H and O–H groups in total. The number of nitriles is 1. The Kier molecular flexibility index (Phi) is 5.74. The van der Waals surface area contributed by atoms with Gasteiger partial charge in [0, 0.05) is 16.8 Å². The van der Waals surface area contributed by atoms with Gasteiger partial charge in [-0.1, -0.05) is 39.7 Å². The molecule has 2 rings (SSSR count). The molecule has 3 nitrogen and oxygen atoms in total. The summed E-state index contributed by atoms with van der Waals surface area (Å²) in [7, 11) is 0. The van der Waals surface area contributed by atoms with E-state index in [0.29, 0.717) is 5.02 Å². The van der Waals surface area contributed by atoms with Gasteiger partial charge in [0.2, 0.25) is 0 Å². The number of benzene rings is 1. The molecule has 122 valence electrons. The zero-order valence-corrected chi connectivity index (χ0v) is 14.0. The van der Waals surface area contributed by atoms with Crippen molar-refractivity contribution in [2.24, 2.45) is 0 Å². The van der Waals surface area contributed by atoms with Crippen molar-refractivity contribution in [3.8, 4) is 6.07 Å². The van der Waals surface area contributed by atoms with Gasteiger partial charge in [-0.3, -0.25) is 0 Å². The minimum Gasteiger partial charge on any atom is -0.375 e. The van der Waals surface area contributed by atoms with Gasteiger partial charge >= 0.3 is 6.18 Å². The molecule has 1 aromatic heterocycles. The van der Waals surface area contributed by atoms with Crippen molar-refractivity contribution in [1.82, 2.24) is 4.98 Å². The molecule has 0 saturated carbocycles. The summed E-state index contributed by atoms with van der Waals surface area (Å²) in [5, 5.41) is 9.49. The smallest absolute Gasteiger partial charge is 0.375 e. The molecular weight excluding hydrogens is 397 g/mol. The van der Waals surface area contributed by atoms with E-state index < -0.39 is 11.9 Å². The Labute approximate surface area is 144 Å². The molecule has 1 unspecified atom stereocenters. The Bertz CT molecular complexity index is 707. The van der Waals surface area contributed by atoms with Gasteiger partial charge in [0.25, 0.3) is 0 Å². The minimum atomic E-state index is -4.56. The predicted molar refractivity (Wildman–Crippen MR) is 83.3 cm³/mol. The summed E-state index contributed by atoms with van der Waals surface area (Å²) in [5.74, 6) is 0. The fraction of sp³-hybridized carbons (Fsp3) is 0.267. The zero-order chi connectivity index (χ0) is 17.0. The monoisotopic (exact) mass is 406 g/mol. The van der Waals surface area contributed by atoms with Crippen LogP contribution in [0, 0.1) is 11.3 Å². The van der Waals surface area contributed by atoms with Crippen LogP contribution in [-0.4, -0.2) is 11.6 Å². The molecule has 0 saturated heterocycles. The van der Waals surface area contributed by atoms with Crippen LogP contribution >= 0.6 is 27.5 Å². The summed E-state index contributed by atoms with van der Waals surface area (Å²) in [4.78, 5) is 1.89. The lowest BCUT2D eigenvalue weighted by atomic mass is 10.1. The van der Waals surface area contributed by atoms with E-state index in [0.717, 1.165) is 11.8 Å². The maximum absolute atomic E-state index is 12.9. The summed E-state index contributed by atoms with van der Waals surface area (Å²) in [5.41, 5.74) is -0.322. The Morgan fingerprint density at radius 2 is 1.96 bits per heavy atom. The molecule has 1 heterocycles. The molecule has 1 atom stereocenters. The number of hydrogen-bond donors (Lipinski definition) is 1. The maximum atomic E-state index is 12.9. The maximum Gasteiger partial charge on any atom is 0.431 e. The van der Waals surface area contributed by atoms with Crippen LogP contribution < -0.4 is 0 Å². The third kappa shape index (κ3) is 4.50.